The Morgan fingerprint density at radius 3 is 2.64 bits per heavy atom. The van der Waals surface area contributed by atoms with Crippen molar-refractivity contribution in [3.8, 4) is 0 Å². The molecule has 4 rings (SSSR count). The van der Waals surface area contributed by atoms with Crippen LogP contribution in [0.2, 0.25) is 0 Å². The Hall–Kier alpha value is -2.19. The minimum Gasteiger partial charge on any atom is -0.361 e. The molecule has 0 radical (unpaired) electrons. The molecule has 0 spiro atoms. The zero-order valence-corrected chi connectivity index (χ0v) is 17.1. The van der Waals surface area contributed by atoms with E-state index in [0.29, 0.717) is 48.0 Å². The van der Waals surface area contributed by atoms with E-state index in [1.165, 1.54) is 0 Å². The number of sulfonamides is 1. The molecule has 2 aliphatic heterocycles. The molecule has 3 heterocycles. The molecule has 1 aromatic carbocycles. The van der Waals surface area contributed by atoms with Crippen LogP contribution in [0.25, 0.3) is 0 Å². The fourth-order valence-corrected chi connectivity index (χ4v) is 5.66. The van der Waals surface area contributed by atoms with Crippen molar-refractivity contribution in [3.63, 3.8) is 0 Å². The van der Waals surface area contributed by atoms with Crippen molar-refractivity contribution >= 4 is 21.6 Å². The molecule has 0 atom stereocenters. The molecule has 2 aliphatic rings. The molecule has 1 fully saturated rings. The van der Waals surface area contributed by atoms with Crippen LogP contribution >= 0.6 is 0 Å². The summed E-state index contributed by atoms with van der Waals surface area (Å²) in [6.07, 6.45) is 3.98. The van der Waals surface area contributed by atoms with Gasteiger partial charge < -0.3 is 9.42 Å². The second-order valence-corrected chi connectivity index (χ2v) is 9.31. The summed E-state index contributed by atoms with van der Waals surface area (Å²) in [5.74, 6) is 0.383. The highest BCUT2D eigenvalue weighted by molar-refractivity contribution is 7.89. The molecule has 0 N–H and O–H groups in total. The summed E-state index contributed by atoms with van der Waals surface area (Å²) >= 11 is 0. The number of aromatic nitrogens is 1. The molecule has 150 valence electrons. The van der Waals surface area contributed by atoms with Crippen molar-refractivity contribution in [1.29, 1.82) is 0 Å². The van der Waals surface area contributed by atoms with Crippen molar-refractivity contribution < 1.29 is 17.7 Å². The number of aryl methyl sites for hydroxylation is 3. The minimum absolute atomic E-state index is 0.133. The number of hydrogen-bond donors (Lipinski definition) is 0. The highest BCUT2D eigenvalue weighted by Crippen LogP contribution is 2.33. The lowest BCUT2D eigenvalue weighted by Gasteiger charge is -2.30. The lowest BCUT2D eigenvalue weighted by molar-refractivity contribution is 0.0983. The van der Waals surface area contributed by atoms with Crippen molar-refractivity contribution in [1.82, 2.24) is 9.46 Å². The van der Waals surface area contributed by atoms with E-state index in [9.17, 15) is 13.2 Å². The van der Waals surface area contributed by atoms with Gasteiger partial charge in [-0.1, -0.05) is 12.1 Å². The van der Waals surface area contributed by atoms with E-state index in [2.05, 4.69) is 5.16 Å². The van der Waals surface area contributed by atoms with E-state index in [1.54, 1.807) is 34.3 Å². The van der Waals surface area contributed by atoms with E-state index in [4.69, 9.17) is 4.52 Å². The van der Waals surface area contributed by atoms with Crippen molar-refractivity contribution in [2.24, 2.45) is 0 Å². The molecule has 1 amide bonds. The molecule has 1 saturated heterocycles. The molecule has 0 bridgehead atoms. The molecular formula is C20H25N3O4S. The van der Waals surface area contributed by atoms with E-state index in [1.807, 2.05) is 6.92 Å². The smallest absolute Gasteiger partial charge is 0.263 e. The predicted octanol–water partition coefficient (Wildman–Crippen LogP) is 2.92. The van der Waals surface area contributed by atoms with Crippen LogP contribution in [-0.4, -0.2) is 43.4 Å². The van der Waals surface area contributed by atoms with Crippen LogP contribution in [0.5, 0.6) is 0 Å². The van der Waals surface area contributed by atoms with Crippen LogP contribution < -0.4 is 4.90 Å². The Labute approximate surface area is 165 Å². The lowest BCUT2D eigenvalue weighted by atomic mass is 10.00. The largest absolute Gasteiger partial charge is 0.361 e. The Morgan fingerprint density at radius 2 is 1.93 bits per heavy atom. The fourth-order valence-electron chi connectivity index (χ4n) is 4.09. The summed E-state index contributed by atoms with van der Waals surface area (Å²) in [6.45, 7) is 5.44. The van der Waals surface area contributed by atoms with Crippen LogP contribution in [-0.2, 0) is 22.9 Å². The van der Waals surface area contributed by atoms with Gasteiger partial charge in [0.15, 0.2) is 0 Å². The van der Waals surface area contributed by atoms with Gasteiger partial charge in [0.05, 0.1) is 10.6 Å². The van der Waals surface area contributed by atoms with Gasteiger partial charge >= 0.3 is 0 Å². The van der Waals surface area contributed by atoms with Gasteiger partial charge in [-0.15, -0.1) is 0 Å². The summed E-state index contributed by atoms with van der Waals surface area (Å²) in [5, 5.41) is 3.99. The Morgan fingerprint density at radius 1 is 1.18 bits per heavy atom. The number of nitrogens with zero attached hydrogens (tertiary/aromatic N) is 3. The number of anilines is 1. The summed E-state index contributed by atoms with van der Waals surface area (Å²) in [7, 11) is -3.47. The Bertz CT molecular complexity index is 1010. The van der Waals surface area contributed by atoms with Gasteiger partial charge in [-0.05, 0) is 62.8 Å². The van der Waals surface area contributed by atoms with Gasteiger partial charge in [-0.25, -0.2) is 8.42 Å². The van der Waals surface area contributed by atoms with Crippen LogP contribution in [0.1, 0.15) is 53.6 Å². The van der Waals surface area contributed by atoms with Crippen molar-refractivity contribution in [2.75, 3.05) is 24.5 Å². The number of hydrogen-bond acceptors (Lipinski definition) is 5. The second-order valence-electron chi connectivity index (χ2n) is 7.38. The third kappa shape index (κ3) is 3.14. The first-order valence-corrected chi connectivity index (χ1v) is 11.3. The van der Waals surface area contributed by atoms with Crippen molar-refractivity contribution in [2.45, 2.75) is 50.8 Å². The zero-order valence-electron chi connectivity index (χ0n) is 16.3. The Kier molecular flexibility index (Phi) is 5.01. The standard InChI is InChI=1S/C20H25N3O4S/c1-3-17-19(14(2)27-21-17)20(24)23-12-6-7-15-13-16(8-9-18(15)23)28(25,26)22-10-4-5-11-22/h8-9,13H,3-7,10-12H2,1-2H3. The molecule has 8 heteroatoms. The van der Waals surface area contributed by atoms with E-state index >= 15 is 0 Å². The molecule has 0 saturated carbocycles. The number of carbonyl (C=O) groups is 1. The topological polar surface area (TPSA) is 83.7 Å². The molecule has 28 heavy (non-hydrogen) atoms. The maximum Gasteiger partial charge on any atom is 0.263 e. The van der Waals surface area contributed by atoms with Gasteiger partial charge in [-0.2, -0.15) is 4.31 Å². The third-order valence-corrected chi connectivity index (χ3v) is 7.49. The van der Waals surface area contributed by atoms with Gasteiger partial charge in [0.25, 0.3) is 5.91 Å². The monoisotopic (exact) mass is 403 g/mol. The SMILES string of the molecule is CCc1noc(C)c1C(=O)N1CCCc2cc(S(=O)(=O)N3CCCC3)ccc21. The van der Waals surface area contributed by atoms with E-state index < -0.39 is 10.0 Å². The van der Waals surface area contributed by atoms with Crippen molar-refractivity contribution in [3.05, 3.63) is 40.8 Å². The first-order valence-electron chi connectivity index (χ1n) is 9.83. The summed E-state index contributed by atoms with van der Waals surface area (Å²) in [5.41, 5.74) is 2.85. The normalized spacial score (nSPS) is 17.7. The summed E-state index contributed by atoms with van der Waals surface area (Å²) < 4.78 is 32.5. The second kappa shape index (κ2) is 7.33. The summed E-state index contributed by atoms with van der Waals surface area (Å²) in [4.78, 5) is 15.3. The van der Waals surface area contributed by atoms with Gasteiger partial charge in [0.2, 0.25) is 10.0 Å². The minimum atomic E-state index is -3.47. The highest BCUT2D eigenvalue weighted by Gasteiger charge is 2.31. The average molecular weight is 404 g/mol. The first-order chi connectivity index (χ1) is 13.4. The Balaban J connectivity index is 1.69. The number of rotatable bonds is 4. The van der Waals surface area contributed by atoms with Crippen LogP contribution in [0.3, 0.4) is 0 Å². The molecule has 7 nitrogen and oxygen atoms in total. The van der Waals surface area contributed by atoms with Gasteiger partial charge in [0, 0.05) is 25.3 Å². The molecule has 0 unspecified atom stereocenters. The number of benzene rings is 1. The van der Waals surface area contributed by atoms with Gasteiger partial charge in [0.1, 0.15) is 11.3 Å². The fraction of sp³-hybridized carbons (Fsp3) is 0.500. The van der Waals surface area contributed by atoms with Crippen LogP contribution in [0.15, 0.2) is 27.6 Å². The number of amides is 1. The molecular weight excluding hydrogens is 378 g/mol. The number of carbonyl (C=O) groups excluding carboxylic acids is 1. The third-order valence-electron chi connectivity index (χ3n) is 5.60. The van der Waals surface area contributed by atoms with Crippen LogP contribution in [0, 0.1) is 6.92 Å². The maximum absolute atomic E-state index is 13.2. The number of fused-ring (bicyclic) bond motifs is 1. The van der Waals surface area contributed by atoms with Crippen LogP contribution in [0.4, 0.5) is 5.69 Å². The lowest BCUT2D eigenvalue weighted by Crippen LogP contribution is -2.36. The predicted molar refractivity (Wildman–Crippen MR) is 105 cm³/mol. The first kappa shape index (κ1) is 19.1. The molecule has 2 aromatic rings. The zero-order chi connectivity index (χ0) is 19.9. The average Bonchev–Trinajstić information content (AvgIpc) is 3.36. The van der Waals surface area contributed by atoms with E-state index in [0.717, 1.165) is 36.9 Å². The highest BCUT2D eigenvalue weighted by atomic mass is 32.2. The molecule has 0 aliphatic carbocycles. The van der Waals surface area contributed by atoms with Gasteiger partial charge in [-0.3, -0.25) is 4.79 Å². The molecule has 1 aromatic heterocycles. The quantitative estimate of drug-likeness (QED) is 0.784. The summed E-state index contributed by atoms with van der Waals surface area (Å²) in [6, 6.07) is 5.13. The van der Waals surface area contributed by atoms with E-state index in [-0.39, 0.29) is 5.91 Å². The maximum atomic E-state index is 13.2.